The first kappa shape index (κ1) is 17.1. The minimum absolute atomic E-state index is 0.526. The van der Waals surface area contributed by atoms with Gasteiger partial charge in [0.25, 0.3) is 0 Å². The second-order valence-electron chi connectivity index (χ2n) is 7.46. The summed E-state index contributed by atoms with van der Waals surface area (Å²) in [4.78, 5) is 6.96. The van der Waals surface area contributed by atoms with Crippen LogP contribution in [0, 0.1) is 5.41 Å². The first-order chi connectivity index (χ1) is 11.7. The molecule has 2 aliphatic rings. The van der Waals surface area contributed by atoms with Gasteiger partial charge in [-0.3, -0.25) is 4.99 Å². The summed E-state index contributed by atoms with van der Waals surface area (Å²) in [5, 5.41) is 3.57. The molecule has 24 heavy (non-hydrogen) atoms. The van der Waals surface area contributed by atoms with Crippen molar-refractivity contribution in [3.63, 3.8) is 0 Å². The molecule has 1 aliphatic heterocycles. The van der Waals surface area contributed by atoms with Crippen molar-refractivity contribution in [1.29, 1.82) is 0 Å². The molecule has 4 nitrogen and oxygen atoms in total. The van der Waals surface area contributed by atoms with Crippen LogP contribution in [0.3, 0.4) is 0 Å². The topological polar surface area (TPSA) is 36.9 Å². The summed E-state index contributed by atoms with van der Waals surface area (Å²) < 4.78 is 5.23. The van der Waals surface area contributed by atoms with Gasteiger partial charge < -0.3 is 15.0 Å². The maximum atomic E-state index is 5.23. The first-order valence-electron chi connectivity index (χ1n) is 9.25. The maximum absolute atomic E-state index is 5.23. The van der Waals surface area contributed by atoms with E-state index in [1.54, 1.807) is 7.11 Å². The van der Waals surface area contributed by atoms with Gasteiger partial charge in [-0.15, -0.1) is 0 Å². The molecule has 132 valence electrons. The largest absolute Gasteiger partial charge is 0.497 e. The van der Waals surface area contributed by atoms with Crippen molar-refractivity contribution in [3.05, 3.63) is 29.8 Å². The molecule has 1 saturated carbocycles. The molecule has 1 atom stereocenters. The third kappa shape index (κ3) is 3.68. The molecule has 1 unspecified atom stereocenters. The molecule has 4 heteroatoms. The van der Waals surface area contributed by atoms with E-state index in [9.17, 15) is 0 Å². The minimum atomic E-state index is 0.526. The molecule has 0 aromatic heterocycles. The third-order valence-corrected chi connectivity index (χ3v) is 5.91. The molecule has 2 fully saturated rings. The van der Waals surface area contributed by atoms with Crippen LogP contribution in [0.15, 0.2) is 29.3 Å². The normalized spacial score (nSPS) is 20.8. The number of nitrogens with one attached hydrogen (secondary N) is 1. The van der Waals surface area contributed by atoms with Crippen molar-refractivity contribution < 1.29 is 4.74 Å². The number of rotatable bonds is 5. The molecule has 1 heterocycles. The molecular formula is C20H31N3O. The monoisotopic (exact) mass is 329 g/mol. The molecule has 0 amide bonds. The fourth-order valence-electron chi connectivity index (χ4n) is 4.03. The lowest BCUT2D eigenvalue weighted by molar-refractivity contribution is 0.151. The van der Waals surface area contributed by atoms with Gasteiger partial charge in [0, 0.05) is 26.7 Å². The first-order valence-corrected chi connectivity index (χ1v) is 9.25. The molecule has 1 aromatic rings. The van der Waals surface area contributed by atoms with E-state index in [-0.39, 0.29) is 0 Å². The van der Waals surface area contributed by atoms with Gasteiger partial charge in [0.05, 0.1) is 7.11 Å². The van der Waals surface area contributed by atoms with E-state index in [1.165, 1.54) is 37.8 Å². The molecule has 1 aliphatic carbocycles. The average Bonchev–Trinajstić information content (AvgIpc) is 3.04. The number of methoxy groups -OCH3 is 1. The summed E-state index contributed by atoms with van der Waals surface area (Å²) in [6.07, 6.45) is 6.68. The van der Waals surface area contributed by atoms with Gasteiger partial charge in [-0.1, -0.05) is 25.5 Å². The van der Waals surface area contributed by atoms with Crippen molar-refractivity contribution in [3.8, 4) is 5.75 Å². The maximum Gasteiger partial charge on any atom is 0.193 e. The summed E-state index contributed by atoms with van der Waals surface area (Å²) in [6.45, 7) is 5.60. The van der Waals surface area contributed by atoms with Crippen molar-refractivity contribution in [2.24, 2.45) is 10.4 Å². The standard InChI is InChI=1S/C20H31N3O/c1-16(17-5-7-18(24-3)8-6-17)9-13-22-19(21-2)23-14-12-20(15-23)10-4-11-20/h5-8,16H,4,9-15H2,1-3H3,(H,21,22). The molecule has 0 radical (unpaired) electrons. The zero-order valence-corrected chi connectivity index (χ0v) is 15.3. The number of likely N-dealkylation sites (tertiary alicyclic amines) is 1. The SMILES string of the molecule is CN=C(NCCC(C)c1ccc(OC)cc1)N1CCC2(CCC2)C1. The Morgan fingerprint density at radius 1 is 1.29 bits per heavy atom. The van der Waals surface area contributed by atoms with Gasteiger partial charge in [-0.05, 0) is 54.7 Å². The Morgan fingerprint density at radius 3 is 2.58 bits per heavy atom. The lowest BCUT2D eigenvalue weighted by atomic mass is 9.68. The third-order valence-electron chi connectivity index (χ3n) is 5.91. The molecule has 0 bridgehead atoms. The van der Waals surface area contributed by atoms with Crippen molar-refractivity contribution in [2.75, 3.05) is 33.8 Å². The van der Waals surface area contributed by atoms with Gasteiger partial charge in [0.15, 0.2) is 5.96 Å². The van der Waals surface area contributed by atoms with Crippen LogP contribution in [0.4, 0.5) is 0 Å². The van der Waals surface area contributed by atoms with Gasteiger partial charge in [0.1, 0.15) is 5.75 Å². The summed E-state index contributed by atoms with van der Waals surface area (Å²) in [5.74, 6) is 2.53. The van der Waals surface area contributed by atoms with E-state index in [0.717, 1.165) is 31.2 Å². The molecule has 1 spiro atoms. The summed E-state index contributed by atoms with van der Waals surface area (Å²) in [5.41, 5.74) is 1.98. The van der Waals surface area contributed by atoms with Crippen LogP contribution in [0.2, 0.25) is 0 Å². The zero-order valence-electron chi connectivity index (χ0n) is 15.3. The lowest BCUT2D eigenvalue weighted by Crippen LogP contribution is -2.43. The Hall–Kier alpha value is -1.71. The average molecular weight is 329 g/mol. The number of hydrogen-bond donors (Lipinski definition) is 1. The highest BCUT2D eigenvalue weighted by atomic mass is 16.5. The zero-order chi connectivity index (χ0) is 17.0. The smallest absolute Gasteiger partial charge is 0.193 e. The van der Waals surface area contributed by atoms with E-state index in [0.29, 0.717) is 11.3 Å². The Kier molecular flexibility index (Phi) is 5.32. The second kappa shape index (κ2) is 7.45. The van der Waals surface area contributed by atoms with Crippen LogP contribution in [-0.2, 0) is 0 Å². The number of nitrogens with zero attached hydrogens (tertiary/aromatic N) is 2. The van der Waals surface area contributed by atoms with Crippen LogP contribution >= 0.6 is 0 Å². The Bertz CT molecular complexity index is 563. The van der Waals surface area contributed by atoms with Gasteiger partial charge in [-0.2, -0.15) is 0 Å². The van der Waals surface area contributed by atoms with E-state index in [1.807, 2.05) is 19.2 Å². The summed E-state index contributed by atoms with van der Waals surface area (Å²) >= 11 is 0. The fraction of sp³-hybridized carbons (Fsp3) is 0.650. The number of ether oxygens (including phenoxy) is 1. The van der Waals surface area contributed by atoms with E-state index in [2.05, 4.69) is 34.3 Å². The summed E-state index contributed by atoms with van der Waals surface area (Å²) in [6, 6.07) is 8.42. The van der Waals surface area contributed by atoms with Crippen LogP contribution in [0.5, 0.6) is 5.75 Å². The minimum Gasteiger partial charge on any atom is -0.497 e. The summed E-state index contributed by atoms with van der Waals surface area (Å²) in [7, 11) is 3.61. The highest BCUT2D eigenvalue weighted by molar-refractivity contribution is 5.80. The number of hydrogen-bond acceptors (Lipinski definition) is 2. The van der Waals surface area contributed by atoms with Gasteiger partial charge in [0.2, 0.25) is 0 Å². The van der Waals surface area contributed by atoms with E-state index in [4.69, 9.17) is 4.74 Å². The molecular weight excluding hydrogens is 298 g/mol. The Morgan fingerprint density at radius 2 is 2.04 bits per heavy atom. The predicted octanol–water partition coefficient (Wildman–Crippen LogP) is 3.64. The predicted molar refractivity (Wildman–Crippen MR) is 99.9 cm³/mol. The van der Waals surface area contributed by atoms with Crippen LogP contribution in [0.25, 0.3) is 0 Å². The number of aliphatic imine (C=N–C) groups is 1. The molecule has 3 rings (SSSR count). The second-order valence-corrected chi connectivity index (χ2v) is 7.46. The van der Waals surface area contributed by atoms with Crippen molar-refractivity contribution >= 4 is 5.96 Å². The van der Waals surface area contributed by atoms with Gasteiger partial charge >= 0.3 is 0 Å². The molecule has 1 saturated heterocycles. The van der Waals surface area contributed by atoms with Gasteiger partial charge in [-0.25, -0.2) is 0 Å². The molecule has 1 N–H and O–H groups in total. The van der Waals surface area contributed by atoms with Crippen molar-refractivity contribution in [2.45, 2.75) is 44.9 Å². The van der Waals surface area contributed by atoms with Crippen molar-refractivity contribution in [1.82, 2.24) is 10.2 Å². The Labute approximate surface area is 146 Å². The van der Waals surface area contributed by atoms with Crippen LogP contribution in [-0.4, -0.2) is 44.7 Å². The number of guanidine groups is 1. The highest BCUT2D eigenvalue weighted by Crippen LogP contribution is 2.47. The quantitative estimate of drug-likeness (QED) is 0.662. The van der Waals surface area contributed by atoms with Crippen LogP contribution < -0.4 is 10.1 Å². The molecule has 1 aromatic carbocycles. The number of benzene rings is 1. The van der Waals surface area contributed by atoms with E-state index < -0.39 is 0 Å². The fourth-order valence-corrected chi connectivity index (χ4v) is 4.03. The van der Waals surface area contributed by atoms with Crippen LogP contribution in [0.1, 0.15) is 50.5 Å². The lowest BCUT2D eigenvalue weighted by Gasteiger charge is -2.38. The Balaban J connectivity index is 1.45. The highest BCUT2D eigenvalue weighted by Gasteiger charge is 2.43. The van der Waals surface area contributed by atoms with E-state index >= 15 is 0 Å².